The number of fused-ring (bicyclic) bond motifs is 1. The van der Waals surface area contributed by atoms with Crippen LogP contribution < -0.4 is 5.32 Å². The molecule has 1 amide bonds. The summed E-state index contributed by atoms with van der Waals surface area (Å²) in [5.41, 5.74) is 2.42. The van der Waals surface area contributed by atoms with Crippen LogP contribution in [-0.4, -0.2) is 48.6 Å². The van der Waals surface area contributed by atoms with Crippen molar-refractivity contribution in [1.82, 2.24) is 15.2 Å². The Balaban J connectivity index is 1.29. The van der Waals surface area contributed by atoms with Gasteiger partial charge in [0, 0.05) is 43.2 Å². The third-order valence-corrected chi connectivity index (χ3v) is 5.59. The molecule has 1 atom stereocenters. The summed E-state index contributed by atoms with van der Waals surface area (Å²) in [4.78, 5) is 18.1. The van der Waals surface area contributed by atoms with E-state index in [2.05, 4.69) is 39.6 Å². The maximum atomic E-state index is 12.5. The summed E-state index contributed by atoms with van der Waals surface area (Å²) >= 11 is 0. The van der Waals surface area contributed by atoms with Crippen molar-refractivity contribution in [2.75, 3.05) is 32.8 Å². The van der Waals surface area contributed by atoms with E-state index >= 15 is 0 Å². The van der Waals surface area contributed by atoms with E-state index in [1.807, 2.05) is 25.1 Å². The largest absolute Gasteiger partial charge is 0.465 e. The fraction of sp³-hybridized carbons (Fsp3) is 0.435. The summed E-state index contributed by atoms with van der Waals surface area (Å²) in [6, 6.07) is 12.3. The van der Waals surface area contributed by atoms with Crippen molar-refractivity contribution < 1.29 is 13.9 Å². The number of ether oxygens (including phenoxy) is 1. The average molecular weight is 396 g/mol. The van der Waals surface area contributed by atoms with Crippen LogP contribution in [0.25, 0.3) is 10.9 Å². The lowest BCUT2D eigenvalue weighted by Gasteiger charge is -2.33. The number of para-hydroxylation sites is 1. The summed E-state index contributed by atoms with van der Waals surface area (Å²) in [7, 11) is 0. The van der Waals surface area contributed by atoms with Gasteiger partial charge in [0.1, 0.15) is 11.5 Å². The first-order valence-corrected chi connectivity index (χ1v) is 10.4. The molecule has 3 aromatic rings. The Morgan fingerprint density at radius 1 is 1.21 bits per heavy atom. The lowest BCUT2D eigenvalue weighted by atomic mass is 10.1. The molecule has 6 heteroatoms. The third-order valence-electron chi connectivity index (χ3n) is 5.59. The van der Waals surface area contributed by atoms with Crippen LogP contribution in [0.5, 0.6) is 0 Å². The number of carbonyl (C=O) groups excluding carboxylic acids is 1. The number of benzene rings is 1. The van der Waals surface area contributed by atoms with Crippen LogP contribution in [-0.2, 0) is 16.0 Å². The molecule has 0 saturated carbocycles. The van der Waals surface area contributed by atoms with E-state index in [0.29, 0.717) is 13.0 Å². The molecule has 0 bridgehead atoms. The van der Waals surface area contributed by atoms with Crippen molar-refractivity contribution in [2.45, 2.75) is 32.2 Å². The summed E-state index contributed by atoms with van der Waals surface area (Å²) in [5.74, 6) is 1.89. The zero-order valence-electron chi connectivity index (χ0n) is 16.9. The van der Waals surface area contributed by atoms with Crippen LogP contribution in [0.4, 0.5) is 0 Å². The van der Waals surface area contributed by atoms with Crippen LogP contribution in [0.15, 0.2) is 47.0 Å². The van der Waals surface area contributed by atoms with E-state index in [-0.39, 0.29) is 11.9 Å². The van der Waals surface area contributed by atoms with Crippen LogP contribution in [0.1, 0.15) is 36.0 Å². The molecule has 154 valence electrons. The number of aromatic amines is 1. The SMILES string of the molecule is Cc1ccc(C(CNC(=O)CCCc2c[nH]c3ccccc23)N2CCOCC2)o1. The van der Waals surface area contributed by atoms with Crippen LogP contribution in [0.3, 0.4) is 0 Å². The van der Waals surface area contributed by atoms with Gasteiger partial charge in [-0.1, -0.05) is 18.2 Å². The van der Waals surface area contributed by atoms with Crippen molar-refractivity contribution in [3.8, 4) is 0 Å². The number of morpholine rings is 1. The highest BCUT2D eigenvalue weighted by Gasteiger charge is 2.25. The molecule has 4 rings (SSSR count). The fourth-order valence-electron chi connectivity index (χ4n) is 4.01. The summed E-state index contributed by atoms with van der Waals surface area (Å²) in [5, 5.41) is 4.36. The first kappa shape index (κ1) is 19.7. The molecular formula is C23H29N3O3. The molecule has 0 spiro atoms. The number of hydrogen-bond acceptors (Lipinski definition) is 4. The standard InChI is InChI=1S/C23H29N3O3/c1-17-9-10-22(29-17)21(26-11-13-28-14-12-26)16-25-23(27)8-4-5-18-15-24-20-7-3-2-6-19(18)20/h2-3,6-7,9-10,15,21,24H,4-5,8,11-14,16H2,1H3,(H,25,27). The molecule has 1 aliphatic heterocycles. The van der Waals surface area contributed by atoms with Crippen molar-refractivity contribution in [1.29, 1.82) is 0 Å². The van der Waals surface area contributed by atoms with E-state index in [0.717, 1.165) is 56.2 Å². The predicted molar refractivity (Wildman–Crippen MR) is 113 cm³/mol. The van der Waals surface area contributed by atoms with Crippen LogP contribution >= 0.6 is 0 Å². The van der Waals surface area contributed by atoms with Gasteiger partial charge in [-0.05, 0) is 43.5 Å². The molecule has 1 saturated heterocycles. The van der Waals surface area contributed by atoms with Gasteiger partial charge in [-0.3, -0.25) is 9.69 Å². The Kier molecular flexibility index (Phi) is 6.32. The van der Waals surface area contributed by atoms with Gasteiger partial charge in [-0.25, -0.2) is 0 Å². The number of furan rings is 1. The Morgan fingerprint density at radius 2 is 2.03 bits per heavy atom. The molecule has 6 nitrogen and oxygen atoms in total. The minimum Gasteiger partial charge on any atom is -0.465 e. The number of nitrogens with zero attached hydrogens (tertiary/aromatic N) is 1. The average Bonchev–Trinajstić information content (AvgIpc) is 3.36. The highest BCUT2D eigenvalue weighted by Crippen LogP contribution is 2.23. The molecule has 1 unspecified atom stereocenters. The van der Waals surface area contributed by atoms with Crippen molar-refractivity contribution in [3.05, 3.63) is 59.7 Å². The number of hydrogen-bond donors (Lipinski definition) is 2. The van der Waals surface area contributed by atoms with Crippen molar-refractivity contribution in [2.24, 2.45) is 0 Å². The Labute approximate surface area is 171 Å². The van der Waals surface area contributed by atoms with Gasteiger partial charge in [-0.2, -0.15) is 0 Å². The summed E-state index contributed by atoms with van der Waals surface area (Å²) in [6.45, 7) is 5.63. The molecule has 2 N–H and O–H groups in total. The monoisotopic (exact) mass is 395 g/mol. The van der Waals surface area contributed by atoms with Gasteiger partial charge in [0.2, 0.25) is 5.91 Å². The molecule has 2 aromatic heterocycles. The highest BCUT2D eigenvalue weighted by molar-refractivity contribution is 5.83. The normalized spacial score (nSPS) is 16.2. The second-order valence-electron chi connectivity index (χ2n) is 7.63. The van der Waals surface area contributed by atoms with Crippen molar-refractivity contribution >= 4 is 16.8 Å². The highest BCUT2D eigenvalue weighted by atomic mass is 16.5. The smallest absolute Gasteiger partial charge is 0.220 e. The molecule has 1 aromatic carbocycles. The van der Waals surface area contributed by atoms with Crippen molar-refractivity contribution in [3.63, 3.8) is 0 Å². The van der Waals surface area contributed by atoms with Gasteiger partial charge >= 0.3 is 0 Å². The number of amides is 1. The number of H-pyrrole nitrogens is 1. The Bertz CT molecular complexity index is 940. The number of carbonyl (C=O) groups is 1. The quantitative estimate of drug-likeness (QED) is 0.612. The lowest BCUT2D eigenvalue weighted by Crippen LogP contribution is -2.43. The molecule has 1 aliphatic rings. The number of rotatable bonds is 8. The van der Waals surface area contributed by atoms with Gasteiger partial charge in [0.25, 0.3) is 0 Å². The van der Waals surface area contributed by atoms with Crippen LogP contribution in [0, 0.1) is 6.92 Å². The number of aromatic nitrogens is 1. The maximum absolute atomic E-state index is 12.5. The zero-order valence-corrected chi connectivity index (χ0v) is 16.9. The molecule has 3 heterocycles. The number of nitrogens with one attached hydrogen (secondary N) is 2. The van der Waals surface area contributed by atoms with E-state index in [4.69, 9.17) is 9.15 Å². The molecule has 0 aliphatic carbocycles. The first-order valence-electron chi connectivity index (χ1n) is 10.4. The summed E-state index contributed by atoms with van der Waals surface area (Å²) in [6.07, 6.45) is 4.29. The minimum atomic E-state index is 0.0465. The van der Waals surface area contributed by atoms with Gasteiger partial charge in [0.15, 0.2) is 0 Å². The fourth-order valence-corrected chi connectivity index (χ4v) is 4.01. The zero-order chi connectivity index (χ0) is 20.1. The van der Waals surface area contributed by atoms with Crippen LogP contribution in [0.2, 0.25) is 0 Å². The molecular weight excluding hydrogens is 366 g/mol. The van der Waals surface area contributed by atoms with E-state index in [1.165, 1.54) is 10.9 Å². The Hall–Kier alpha value is -2.57. The molecule has 1 fully saturated rings. The number of aryl methyl sites for hydroxylation is 2. The van der Waals surface area contributed by atoms with E-state index in [1.54, 1.807) is 0 Å². The van der Waals surface area contributed by atoms with Gasteiger partial charge in [-0.15, -0.1) is 0 Å². The van der Waals surface area contributed by atoms with E-state index < -0.39 is 0 Å². The van der Waals surface area contributed by atoms with Gasteiger partial charge in [0.05, 0.1) is 19.3 Å². The predicted octanol–water partition coefficient (Wildman–Crippen LogP) is 3.58. The molecule has 29 heavy (non-hydrogen) atoms. The topological polar surface area (TPSA) is 70.5 Å². The minimum absolute atomic E-state index is 0.0465. The summed E-state index contributed by atoms with van der Waals surface area (Å²) < 4.78 is 11.3. The molecule has 0 radical (unpaired) electrons. The second kappa shape index (κ2) is 9.29. The van der Waals surface area contributed by atoms with E-state index in [9.17, 15) is 4.79 Å². The maximum Gasteiger partial charge on any atom is 0.220 e. The Morgan fingerprint density at radius 3 is 2.83 bits per heavy atom. The lowest BCUT2D eigenvalue weighted by molar-refractivity contribution is -0.121. The first-order chi connectivity index (χ1) is 14.2. The van der Waals surface area contributed by atoms with Gasteiger partial charge < -0.3 is 19.5 Å². The third kappa shape index (κ3) is 4.89. The second-order valence-corrected chi connectivity index (χ2v) is 7.63.